The molecule has 0 spiro atoms. The molecular formula is C10H16N2OS. The van der Waals surface area contributed by atoms with Crippen LogP contribution in [0.4, 0.5) is 0 Å². The zero-order valence-corrected chi connectivity index (χ0v) is 9.26. The summed E-state index contributed by atoms with van der Waals surface area (Å²) < 4.78 is 0. The topological polar surface area (TPSA) is 46.0 Å². The van der Waals surface area contributed by atoms with Crippen molar-refractivity contribution < 1.29 is 5.11 Å². The molecule has 0 aliphatic heterocycles. The van der Waals surface area contributed by atoms with E-state index in [0.717, 1.165) is 16.5 Å². The molecule has 78 valence electrons. The summed E-state index contributed by atoms with van der Waals surface area (Å²) in [5.41, 5.74) is 0.767. The Morgan fingerprint density at radius 3 is 2.57 bits per heavy atom. The smallest absolute Gasteiger partial charge is 0.187 e. The van der Waals surface area contributed by atoms with Crippen molar-refractivity contribution in [2.24, 2.45) is 0 Å². The second kappa shape index (κ2) is 6.79. The molecule has 1 heterocycles. The highest BCUT2D eigenvalue weighted by Crippen LogP contribution is 2.14. The zero-order valence-electron chi connectivity index (χ0n) is 8.44. The van der Waals surface area contributed by atoms with Crippen molar-refractivity contribution in [3.63, 3.8) is 0 Å². The van der Waals surface area contributed by atoms with Crippen molar-refractivity contribution >= 4 is 11.8 Å². The average Bonchev–Trinajstić information content (AvgIpc) is 2.25. The molecule has 0 aliphatic carbocycles. The molecule has 3 nitrogen and oxygen atoms in total. The van der Waals surface area contributed by atoms with Gasteiger partial charge in [-0.05, 0) is 6.42 Å². The predicted molar refractivity (Wildman–Crippen MR) is 58.2 cm³/mol. The fraction of sp³-hybridized carbons (Fsp3) is 0.600. The van der Waals surface area contributed by atoms with Gasteiger partial charge in [0.05, 0.1) is 6.61 Å². The first-order chi connectivity index (χ1) is 6.86. The van der Waals surface area contributed by atoms with E-state index in [-0.39, 0.29) is 6.61 Å². The fourth-order valence-electron chi connectivity index (χ4n) is 1.01. The molecule has 0 radical (unpaired) electrons. The monoisotopic (exact) mass is 212 g/mol. The van der Waals surface area contributed by atoms with Gasteiger partial charge in [-0.3, -0.25) is 0 Å². The highest BCUT2D eigenvalue weighted by molar-refractivity contribution is 7.99. The number of aliphatic hydroxyl groups excluding tert-OH is 1. The number of aromatic nitrogens is 2. The van der Waals surface area contributed by atoms with E-state index in [9.17, 15) is 0 Å². The Bertz CT molecular complexity index is 251. The number of aliphatic hydroxyl groups is 1. The summed E-state index contributed by atoms with van der Waals surface area (Å²) in [6, 6.07) is 0. The van der Waals surface area contributed by atoms with E-state index < -0.39 is 0 Å². The van der Waals surface area contributed by atoms with Crippen LogP contribution in [0.1, 0.15) is 31.7 Å². The van der Waals surface area contributed by atoms with E-state index in [1.54, 1.807) is 24.2 Å². The van der Waals surface area contributed by atoms with Gasteiger partial charge in [0.1, 0.15) is 0 Å². The predicted octanol–water partition coefficient (Wildman–Crippen LogP) is 2.25. The second-order valence-electron chi connectivity index (χ2n) is 3.09. The Morgan fingerprint density at radius 1 is 1.29 bits per heavy atom. The van der Waals surface area contributed by atoms with Crippen LogP contribution in [0.2, 0.25) is 0 Å². The molecule has 14 heavy (non-hydrogen) atoms. The largest absolute Gasteiger partial charge is 0.392 e. The van der Waals surface area contributed by atoms with Gasteiger partial charge >= 0.3 is 0 Å². The molecule has 1 aromatic rings. The molecule has 1 aromatic heterocycles. The summed E-state index contributed by atoms with van der Waals surface area (Å²) in [4.78, 5) is 8.28. The number of rotatable bonds is 6. The van der Waals surface area contributed by atoms with Gasteiger partial charge in [-0.2, -0.15) is 0 Å². The lowest BCUT2D eigenvalue weighted by atomic mass is 10.3. The van der Waals surface area contributed by atoms with Crippen molar-refractivity contribution in [2.75, 3.05) is 5.75 Å². The molecule has 0 aromatic carbocycles. The molecular weight excluding hydrogens is 196 g/mol. The van der Waals surface area contributed by atoms with Crippen LogP contribution in [0.3, 0.4) is 0 Å². The van der Waals surface area contributed by atoms with Crippen LogP contribution in [0.25, 0.3) is 0 Å². The van der Waals surface area contributed by atoms with Gasteiger partial charge < -0.3 is 5.11 Å². The molecule has 1 rings (SSSR count). The first-order valence-electron chi connectivity index (χ1n) is 4.91. The lowest BCUT2D eigenvalue weighted by molar-refractivity contribution is 0.280. The minimum Gasteiger partial charge on any atom is -0.392 e. The lowest BCUT2D eigenvalue weighted by Crippen LogP contribution is -1.91. The summed E-state index contributed by atoms with van der Waals surface area (Å²) in [7, 11) is 0. The molecule has 0 fully saturated rings. The number of unbranched alkanes of at least 4 members (excludes halogenated alkanes) is 2. The van der Waals surface area contributed by atoms with E-state index in [0.29, 0.717) is 0 Å². The average molecular weight is 212 g/mol. The third-order valence-electron chi connectivity index (χ3n) is 1.84. The van der Waals surface area contributed by atoms with Gasteiger partial charge in [-0.1, -0.05) is 31.5 Å². The molecule has 0 amide bonds. The van der Waals surface area contributed by atoms with Crippen LogP contribution in [0, 0.1) is 0 Å². The van der Waals surface area contributed by atoms with E-state index in [4.69, 9.17) is 5.11 Å². The summed E-state index contributed by atoms with van der Waals surface area (Å²) in [6.07, 6.45) is 7.07. The Hall–Kier alpha value is -0.610. The van der Waals surface area contributed by atoms with Crippen molar-refractivity contribution in [1.82, 2.24) is 9.97 Å². The SMILES string of the molecule is CCCCCSc1ncc(CO)cn1. The molecule has 0 unspecified atom stereocenters. The normalized spacial score (nSPS) is 10.4. The van der Waals surface area contributed by atoms with Gasteiger partial charge in [-0.25, -0.2) is 9.97 Å². The zero-order chi connectivity index (χ0) is 10.2. The number of thioether (sulfide) groups is 1. The molecule has 0 bridgehead atoms. The van der Waals surface area contributed by atoms with Crippen molar-refractivity contribution in [3.05, 3.63) is 18.0 Å². The van der Waals surface area contributed by atoms with Gasteiger partial charge in [0.15, 0.2) is 5.16 Å². The molecule has 0 saturated carbocycles. The fourth-order valence-corrected chi connectivity index (χ4v) is 1.80. The Labute approximate surface area is 89.0 Å². The van der Waals surface area contributed by atoms with Gasteiger partial charge in [0.2, 0.25) is 0 Å². The van der Waals surface area contributed by atoms with Crippen LogP contribution >= 0.6 is 11.8 Å². The molecule has 4 heteroatoms. The summed E-state index contributed by atoms with van der Waals surface area (Å²) in [5, 5.41) is 9.59. The third-order valence-corrected chi connectivity index (χ3v) is 2.81. The first-order valence-corrected chi connectivity index (χ1v) is 5.90. The van der Waals surface area contributed by atoms with Crippen molar-refractivity contribution in [3.8, 4) is 0 Å². The summed E-state index contributed by atoms with van der Waals surface area (Å²) in [6.45, 7) is 2.21. The van der Waals surface area contributed by atoms with E-state index >= 15 is 0 Å². The maximum absolute atomic E-state index is 8.79. The second-order valence-corrected chi connectivity index (χ2v) is 4.15. The minimum absolute atomic E-state index is 0.0147. The number of hydrogen-bond donors (Lipinski definition) is 1. The molecule has 1 N–H and O–H groups in total. The quantitative estimate of drug-likeness (QED) is 0.446. The molecule has 0 atom stereocenters. The number of hydrogen-bond acceptors (Lipinski definition) is 4. The van der Waals surface area contributed by atoms with E-state index in [2.05, 4.69) is 16.9 Å². The molecule has 0 saturated heterocycles. The van der Waals surface area contributed by atoms with Crippen LogP contribution < -0.4 is 0 Å². The Balaban J connectivity index is 2.29. The highest BCUT2D eigenvalue weighted by Gasteiger charge is 1.97. The third kappa shape index (κ3) is 4.07. The van der Waals surface area contributed by atoms with E-state index in [1.165, 1.54) is 19.3 Å². The Morgan fingerprint density at radius 2 is 2.00 bits per heavy atom. The highest BCUT2D eigenvalue weighted by atomic mass is 32.2. The maximum Gasteiger partial charge on any atom is 0.187 e. The number of nitrogens with zero attached hydrogens (tertiary/aromatic N) is 2. The molecule has 0 aliphatic rings. The van der Waals surface area contributed by atoms with Crippen LogP contribution in [-0.4, -0.2) is 20.8 Å². The maximum atomic E-state index is 8.79. The standard InChI is InChI=1S/C10H16N2OS/c1-2-3-4-5-14-10-11-6-9(8-13)7-12-10/h6-7,13H,2-5,8H2,1H3. The summed E-state index contributed by atoms with van der Waals surface area (Å²) in [5.74, 6) is 1.08. The van der Waals surface area contributed by atoms with Crippen LogP contribution in [-0.2, 0) is 6.61 Å². The van der Waals surface area contributed by atoms with Crippen molar-refractivity contribution in [2.45, 2.75) is 37.9 Å². The minimum atomic E-state index is 0.0147. The van der Waals surface area contributed by atoms with Crippen LogP contribution in [0.5, 0.6) is 0 Å². The lowest BCUT2D eigenvalue weighted by Gasteiger charge is -1.99. The van der Waals surface area contributed by atoms with Gasteiger partial charge in [0, 0.05) is 23.7 Å². The van der Waals surface area contributed by atoms with Gasteiger partial charge in [-0.15, -0.1) is 0 Å². The van der Waals surface area contributed by atoms with Gasteiger partial charge in [0.25, 0.3) is 0 Å². The first kappa shape index (κ1) is 11.5. The van der Waals surface area contributed by atoms with Crippen molar-refractivity contribution in [1.29, 1.82) is 0 Å². The van der Waals surface area contributed by atoms with E-state index in [1.807, 2.05) is 0 Å². The summed E-state index contributed by atoms with van der Waals surface area (Å²) >= 11 is 1.68. The Kier molecular flexibility index (Phi) is 5.56. The van der Waals surface area contributed by atoms with Crippen LogP contribution in [0.15, 0.2) is 17.6 Å².